The molecular formula is C15H17BrFN3. The maximum Gasteiger partial charge on any atom is 0.129 e. The number of pyridine rings is 1. The van der Waals surface area contributed by atoms with Crippen LogP contribution in [0.2, 0.25) is 0 Å². The smallest absolute Gasteiger partial charge is 0.129 e. The standard InChI is InChI=1S/C15H17BrFN3/c1-3-19-14(11-5-4-10(16)8-12(11)17)13-9(2)6-7-20-15(13)18/h4-8,14,19H,3H2,1-2H3,(H2,18,20). The number of nitrogens with zero attached hydrogens (tertiary/aromatic N) is 1. The van der Waals surface area contributed by atoms with E-state index in [2.05, 4.69) is 26.2 Å². The third-order valence-corrected chi connectivity index (χ3v) is 3.70. The summed E-state index contributed by atoms with van der Waals surface area (Å²) < 4.78 is 15.0. The first kappa shape index (κ1) is 14.9. The molecular weight excluding hydrogens is 321 g/mol. The molecule has 0 aliphatic carbocycles. The van der Waals surface area contributed by atoms with Crippen LogP contribution in [-0.2, 0) is 0 Å². The predicted octanol–water partition coefficient (Wildman–Crippen LogP) is 3.57. The van der Waals surface area contributed by atoms with Gasteiger partial charge in [0.15, 0.2) is 0 Å². The fourth-order valence-corrected chi connectivity index (χ4v) is 2.61. The average molecular weight is 338 g/mol. The largest absolute Gasteiger partial charge is 0.383 e. The van der Waals surface area contributed by atoms with Crippen LogP contribution >= 0.6 is 15.9 Å². The van der Waals surface area contributed by atoms with Crippen LogP contribution in [0.1, 0.15) is 29.7 Å². The zero-order chi connectivity index (χ0) is 14.7. The van der Waals surface area contributed by atoms with Crippen LogP contribution in [-0.4, -0.2) is 11.5 Å². The lowest BCUT2D eigenvalue weighted by molar-refractivity contribution is 0.557. The van der Waals surface area contributed by atoms with E-state index in [0.29, 0.717) is 22.4 Å². The molecule has 2 aromatic rings. The number of rotatable bonds is 4. The minimum Gasteiger partial charge on any atom is -0.383 e. The second-order valence-electron chi connectivity index (χ2n) is 4.58. The van der Waals surface area contributed by atoms with Gasteiger partial charge in [-0.25, -0.2) is 9.37 Å². The molecule has 2 rings (SSSR count). The molecule has 1 atom stereocenters. The molecule has 0 saturated carbocycles. The molecule has 0 aliphatic heterocycles. The third-order valence-electron chi connectivity index (χ3n) is 3.21. The highest BCUT2D eigenvalue weighted by Crippen LogP contribution is 2.31. The molecule has 0 spiro atoms. The molecule has 3 N–H and O–H groups in total. The first-order valence-electron chi connectivity index (χ1n) is 6.44. The van der Waals surface area contributed by atoms with Crippen LogP contribution < -0.4 is 11.1 Å². The number of aryl methyl sites for hydroxylation is 1. The van der Waals surface area contributed by atoms with Crippen molar-refractivity contribution in [3.63, 3.8) is 0 Å². The molecule has 0 radical (unpaired) electrons. The normalized spacial score (nSPS) is 12.4. The van der Waals surface area contributed by atoms with E-state index in [1.165, 1.54) is 6.07 Å². The molecule has 1 unspecified atom stereocenters. The molecule has 106 valence electrons. The number of hydrogen-bond donors (Lipinski definition) is 2. The van der Waals surface area contributed by atoms with Crippen molar-refractivity contribution in [1.29, 1.82) is 0 Å². The summed E-state index contributed by atoms with van der Waals surface area (Å²) in [4.78, 5) is 4.12. The Morgan fingerprint density at radius 2 is 2.15 bits per heavy atom. The fraction of sp³-hybridized carbons (Fsp3) is 0.267. The maximum absolute atomic E-state index is 14.2. The molecule has 0 fully saturated rings. The van der Waals surface area contributed by atoms with Gasteiger partial charge in [0.1, 0.15) is 11.6 Å². The van der Waals surface area contributed by atoms with Crippen molar-refractivity contribution in [2.75, 3.05) is 12.3 Å². The Labute approximate surface area is 126 Å². The van der Waals surface area contributed by atoms with Gasteiger partial charge in [-0.2, -0.15) is 0 Å². The van der Waals surface area contributed by atoms with Gasteiger partial charge < -0.3 is 11.1 Å². The van der Waals surface area contributed by atoms with Crippen molar-refractivity contribution in [3.05, 3.63) is 57.4 Å². The molecule has 1 aromatic heterocycles. The maximum atomic E-state index is 14.2. The summed E-state index contributed by atoms with van der Waals surface area (Å²) in [5.41, 5.74) is 8.38. The van der Waals surface area contributed by atoms with Crippen molar-refractivity contribution < 1.29 is 4.39 Å². The van der Waals surface area contributed by atoms with Crippen LogP contribution in [0.25, 0.3) is 0 Å². The molecule has 5 heteroatoms. The number of nitrogen functional groups attached to an aromatic ring is 1. The Balaban J connectivity index is 2.56. The van der Waals surface area contributed by atoms with E-state index in [0.717, 1.165) is 11.1 Å². The number of nitrogens with two attached hydrogens (primary N) is 1. The number of halogens is 2. The lowest BCUT2D eigenvalue weighted by Gasteiger charge is -2.22. The highest BCUT2D eigenvalue weighted by Gasteiger charge is 2.21. The SMILES string of the molecule is CCNC(c1ccc(Br)cc1F)c1c(C)ccnc1N. The second-order valence-corrected chi connectivity index (χ2v) is 5.50. The van der Waals surface area contributed by atoms with Crippen molar-refractivity contribution in [3.8, 4) is 0 Å². The molecule has 20 heavy (non-hydrogen) atoms. The summed E-state index contributed by atoms with van der Waals surface area (Å²) in [7, 11) is 0. The summed E-state index contributed by atoms with van der Waals surface area (Å²) in [5.74, 6) is 0.159. The summed E-state index contributed by atoms with van der Waals surface area (Å²) in [6.45, 7) is 4.63. The number of nitrogens with one attached hydrogen (secondary N) is 1. The van der Waals surface area contributed by atoms with Gasteiger partial charge in [0.05, 0.1) is 6.04 Å². The van der Waals surface area contributed by atoms with Crippen LogP contribution in [0.3, 0.4) is 0 Å². The van der Waals surface area contributed by atoms with Crippen LogP contribution in [0.4, 0.5) is 10.2 Å². The van der Waals surface area contributed by atoms with Gasteiger partial charge in [-0.15, -0.1) is 0 Å². The average Bonchev–Trinajstić information content (AvgIpc) is 2.38. The van der Waals surface area contributed by atoms with Crippen molar-refractivity contribution in [2.45, 2.75) is 19.9 Å². The third kappa shape index (κ3) is 2.99. The number of hydrogen-bond acceptors (Lipinski definition) is 3. The first-order valence-corrected chi connectivity index (χ1v) is 7.23. The summed E-state index contributed by atoms with van der Waals surface area (Å²) in [5, 5.41) is 3.28. The van der Waals surface area contributed by atoms with Crippen LogP contribution in [0.5, 0.6) is 0 Å². The second kappa shape index (κ2) is 6.33. The number of aromatic nitrogens is 1. The van der Waals surface area contributed by atoms with Crippen molar-refractivity contribution in [1.82, 2.24) is 10.3 Å². The van der Waals surface area contributed by atoms with E-state index in [4.69, 9.17) is 5.73 Å². The van der Waals surface area contributed by atoms with Crippen molar-refractivity contribution >= 4 is 21.7 Å². The van der Waals surface area contributed by atoms with E-state index in [1.807, 2.05) is 26.0 Å². The van der Waals surface area contributed by atoms with Gasteiger partial charge in [-0.05, 0) is 37.2 Å². The van der Waals surface area contributed by atoms with E-state index < -0.39 is 0 Å². The minimum absolute atomic E-state index is 0.270. The Bertz CT molecular complexity index is 596. The Kier molecular flexibility index (Phi) is 4.73. The topological polar surface area (TPSA) is 50.9 Å². The van der Waals surface area contributed by atoms with E-state index in [1.54, 1.807) is 12.3 Å². The summed E-state index contributed by atoms with van der Waals surface area (Å²) in [6.07, 6.45) is 1.66. The van der Waals surface area contributed by atoms with Gasteiger partial charge in [-0.3, -0.25) is 0 Å². The minimum atomic E-state index is -0.304. The zero-order valence-electron chi connectivity index (χ0n) is 11.5. The molecule has 0 bridgehead atoms. The Hall–Kier alpha value is -1.46. The predicted molar refractivity (Wildman–Crippen MR) is 83.0 cm³/mol. The lowest BCUT2D eigenvalue weighted by Crippen LogP contribution is -2.25. The van der Waals surface area contributed by atoms with Crippen molar-refractivity contribution in [2.24, 2.45) is 0 Å². The molecule has 1 heterocycles. The Morgan fingerprint density at radius 3 is 2.75 bits per heavy atom. The highest BCUT2D eigenvalue weighted by atomic mass is 79.9. The monoisotopic (exact) mass is 337 g/mol. The quantitative estimate of drug-likeness (QED) is 0.896. The summed E-state index contributed by atoms with van der Waals surface area (Å²) in [6, 6.07) is 6.62. The highest BCUT2D eigenvalue weighted by molar-refractivity contribution is 9.10. The van der Waals surface area contributed by atoms with Gasteiger partial charge in [-0.1, -0.05) is 28.9 Å². The fourth-order valence-electron chi connectivity index (χ4n) is 2.27. The van der Waals surface area contributed by atoms with E-state index >= 15 is 0 Å². The molecule has 0 aliphatic rings. The molecule has 0 amide bonds. The summed E-state index contributed by atoms with van der Waals surface area (Å²) >= 11 is 3.27. The van der Waals surface area contributed by atoms with Crippen LogP contribution in [0, 0.1) is 12.7 Å². The zero-order valence-corrected chi connectivity index (χ0v) is 13.0. The van der Waals surface area contributed by atoms with E-state index in [-0.39, 0.29) is 11.9 Å². The van der Waals surface area contributed by atoms with Crippen LogP contribution in [0.15, 0.2) is 34.9 Å². The molecule has 3 nitrogen and oxygen atoms in total. The molecule has 0 saturated heterocycles. The Morgan fingerprint density at radius 1 is 1.40 bits per heavy atom. The lowest BCUT2D eigenvalue weighted by atomic mass is 9.95. The number of anilines is 1. The first-order chi connectivity index (χ1) is 9.54. The molecule has 1 aromatic carbocycles. The van der Waals surface area contributed by atoms with Gasteiger partial charge in [0, 0.05) is 21.8 Å². The van der Waals surface area contributed by atoms with Gasteiger partial charge in [0.25, 0.3) is 0 Å². The number of benzene rings is 1. The van der Waals surface area contributed by atoms with Gasteiger partial charge >= 0.3 is 0 Å². The van der Waals surface area contributed by atoms with E-state index in [9.17, 15) is 4.39 Å². The van der Waals surface area contributed by atoms with Gasteiger partial charge in [0.2, 0.25) is 0 Å².